The standard InChI is InChI=1S/C15H21FO2/c1-17-14-8-6-12(7-9-14)11-18-15-5-3-2-4-13(16)10-15/h6-9,13,15H,2-5,10-11H2,1H3. The molecule has 2 unspecified atom stereocenters. The van der Waals surface area contributed by atoms with Crippen molar-refractivity contribution in [2.24, 2.45) is 0 Å². The van der Waals surface area contributed by atoms with Crippen LogP contribution in [0.4, 0.5) is 4.39 Å². The molecule has 1 aliphatic rings. The third-order valence-electron chi connectivity index (χ3n) is 3.46. The van der Waals surface area contributed by atoms with Crippen LogP contribution in [0.25, 0.3) is 0 Å². The van der Waals surface area contributed by atoms with Gasteiger partial charge in [0.05, 0.1) is 19.8 Å². The summed E-state index contributed by atoms with van der Waals surface area (Å²) in [5, 5.41) is 0. The van der Waals surface area contributed by atoms with Crippen LogP contribution in [0.2, 0.25) is 0 Å². The van der Waals surface area contributed by atoms with E-state index in [-0.39, 0.29) is 6.10 Å². The summed E-state index contributed by atoms with van der Waals surface area (Å²) in [7, 11) is 1.65. The first-order valence-electron chi connectivity index (χ1n) is 6.66. The monoisotopic (exact) mass is 252 g/mol. The van der Waals surface area contributed by atoms with Crippen molar-refractivity contribution in [1.29, 1.82) is 0 Å². The van der Waals surface area contributed by atoms with Crippen molar-refractivity contribution in [2.45, 2.75) is 51.0 Å². The molecule has 2 atom stereocenters. The van der Waals surface area contributed by atoms with Crippen LogP contribution in [-0.4, -0.2) is 19.4 Å². The van der Waals surface area contributed by atoms with Gasteiger partial charge >= 0.3 is 0 Å². The highest BCUT2D eigenvalue weighted by Crippen LogP contribution is 2.23. The molecule has 1 aromatic carbocycles. The van der Waals surface area contributed by atoms with Crippen LogP contribution in [0.5, 0.6) is 5.75 Å². The van der Waals surface area contributed by atoms with Crippen LogP contribution < -0.4 is 4.74 Å². The van der Waals surface area contributed by atoms with Crippen LogP contribution in [0.1, 0.15) is 37.7 Å². The summed E-state index contributed by atoms with van der Waals surface area (Å²) >= 11 is 0. The van der Waals surface area contributed by atoms with E-state index in [0.29, 0.717) is 19.4 Å². The van der Waals surface area contributed by atoms with Gasteiger partial charge in [-0.25, -0.2) is 4.39 Å². The maximum atomic E-state index is 13.4. The summed E-state index contributed by atoms with van der Waals surface area (Å²) < 4.78 is 24.3. The molecule has 1 fully saturated rings. The van der Waals surface area contributed by atoms with Gasteiger partial charge in [0.25, 0.3) is 0 Å². The molecule has 0 amide bonds. The minimum Gasteiger partial charge on any atom is -0.497 e. The molecular weight excluding hydrogens is 231 g/mol. The predicted octanol–water partition coefficient (Wildman–Crippen LogP) is 3.88. The molecule has 1 saturated carbocycles. The Hall–Kier alpha value is -1.09. The van der Waals surface area contributed by atoms with E-state index < -0.39 is 6.17 Å². The molecule has 0 spiro atoms. The SMILES string of the molecule is COc1ccc(COC2CCCCC(F)C2)cc1. The number of halogens is 1. The van der Waals surface area contributed by atoms with Crippen molar-refractivity contribution < 1.29 is 13.9 Å². The van der Waals surface area contributed by atoms with Crippen LogP contribution in [-0.2, 0) is 11.3 Å². The highest BCUT2D eigenvalue weighted by atomic mass is 19.1. The van der Waals surface area contributed by atoms with E-state index in [9.17, 15) is 4.39 Å². The van der Waals surface area contributed by atoms with Gasteiger partial charge in [-0.05, 0) is 30.5 Å². The van der Waals surface area contributed by atoms with Crippen molar-refractivity contribution >= 4 is 0 Å². The van der Waals surface area contributed by atoms with Gasteiger partial charge in [-0.3, -0.25) is 0 Å². The first-order valence-corrected chi connectivity index (χ1v) is 6.66. The number of hydrogen-bond donors (Lipinski definition) is 0. The topological polar surface area (TPSA) is 18.5 Å². The minimum atomic E-state index is -0.687. The molecule has 2 nitrogen and oxygen atoms in total. The second-order valence-corrected chi connectivity index (χ2v) is 4.90. The van der Waals surface area contributed by atoms with Gasteiger partial charge in [-0.2, -0.15) is 0 Å². The molecule has 0 radical (unpaired) electrons. The minimum absolute atomic E-state index is 0.0737. The van der Waals surface area contributed by atoms with E-state index in [1.54, 1.807) is 7.11 Å². The smallest absolute Gasteiger partial charge is 0.118 e. The first kappa shape index (κ1) is 13.3. The van der Waals surface area contributed by atoms with Gasteiger partial charge in [-0.15, -0.1) is 0 Å². The molecular formula is C15H21FO2. The van der Waals surface area contributed by atoms with Crippen molar-refractivity contribution in [3.8, 4) is 5.75 Å². The number of rotatable bonds is 4. The summed E-state index contributed by atoms with van der Waals surface area (Å²) in [5.41, 5.74) is 1.11. The second-order valence-electron chi connectivity index (χ2n) is 4.90. The Labute approximate surface area is 108 Å². The molecule has 0 aliphatic heterocycles. The number of methoxy groups -OCH3 is 1. The Morgan fingerprint density at radius 1 is 1.17 bits per heavy atom. The lowest BCUT2D eigenvalue weighted by Gasteiger charge is -2.16. The fourth-order valence-electron chi connectivity index (χ4n) is 2.35. The summed E-state index contributed by atoms with van der Waals surface area (Å²) in [6.07, 6.45) is 3.69. The second kappa shape index (κ2) is 6.74. The molecule has 0 N–H and O–H groups in total. The van der Waals surface area contributed by atoms with Gasteiger partial charge in [0, 0.05) is 6.42 Å². The average molecular weight is 252 g/mol. The fraction of sp³-hybridized carbons (Fsp3) is 0.600. The normalized spacial score (nSPS) is 24.6. The van der Waals surface area contributed by atoms with Crippen molar-refractivity contribution in [3.63, 3.8) is 0 Å². The van der Waals surface area contributed by atoms with E-state index >= 15 is 0 Å². The lowest BCUT2D eigenvalue weighted by atomic mass is 10.1. The third-order valence-corrected chi connectivity index (χ3v) is 3.46. The number of benzene rings is 1. The lowest BCUT2D eigenvalue weighted by molar-refractivity contribution is 0.0191. The lowest BCUT2D eigenvalue weighted by Crippen LogP contribution is -2.16. The van der Waals surface area contributed by atoms with Gasteiger partial charge in [0.15, 0.2) is 0 Å². The molecule has 0 bridgehead atoms. The van der Waals surface area contributed by atoms with Crippen LogP contribution >= 0.6 is 0 Å². The zero-order valence-corrected chi connectivity index (χ0v) is 10.9. The van der Waals surface area contributed by atoms with Crippen LogP contribution in [0, 0.1) is 0 Å². The van der Waals surface area contributed by atoms with Gasteiger partial charge in [0.2, 0.25) is 0 Å². The van der Waals surface area contributed by atoms with Gasteiger partial charge < -0.3 is 9.47 Å². The Balaban J connectivity index is 1.82. The molecule has 18 heavy (non-hydrogen) atoms. The summed E-state index contributed by atoms with van der Waals surface area (Å²) in [6, 6.07) is 7.82. The molecule has 3 heteroatoms. The quantitative estimate of drug-likeness (QED) is 0.757. The molecule has 0 saturated heterocycles. The maximum Gasteiger partial charge on any atom is 0.118 e. The van der Waals surface area contributed by atoms with E-state index in [1.807, 2.05) is 24.3 Å². The van der Waals surface area contributed by atoms with E-state index in [0.717, 1.165) is 30.6 Å². The number of hydrogen-bond acceptors (Lipinski definition) is 2. The molecule has 0 heterocycles. The molecule has 2 rings (SSSR count). The molecule has 1 aromatic rings. The zero-order chi connectivity index (χ0) is 12.8. The van der Waals surface area contributed by atoms with Crippen molar-refractivity contribution in [1.82, 2.24) is 0 Å². The molecule has 1 aliphatic carbocycles. The summed E-state index contributed by atoms with van der Waals surface area (Å²) in [6.45, 7) is 0.557. The summed E-state index contributed by atoms with van der Waals surface area (Å²) in [5.74, 6) is 0.844. The number of ether oxygens (including phenoxy) is 2. The van der Waals surface area contributed by atoms with Crippen LogP contribution in [0.15, 0.2) is 24.3 Å². The predicted molar refractivity (Wildman–Crippen MR) is 69.6 cm³/mol. The zero-order valence-electron chi connectivity index (χ0n) is 10.9. The Bertz CT molecular complexity index is 350. The van der Waals surface area contributed by atoms with Gasteiger partial charge in [-0.1, -0.05) is 25.0 Å². The first-order chi connectivity index (χ1) is 8.78. The van der Waals surface area contributed by atoms with E-state index in [2.05, 4.69) is 0 Å². The highest BCUT2D eigenvalue weighted by Gasteiger charge is 2.19. The van der Waals surface area contributed by atoms with E-state index in [1.165, 1.54) is 0 Å². The van der Waals surface area contributed by atoms with Crippen LogP contribution in [0.3, 0.4) is 0 Å². The molecule has 0 aromatic heterocycles. The molecule has 100 valence electrons. The Kier molecular flexibility index (Phi) is 5.00. The summed E-state index contributed by atoms with van der Waals surface area (Å²) in [4.78, 5) is 0. The van der Waals surface area contributed by atoms with Gasteiger partial charge in [0.1, 0.15) is 11.9 Å². The van der Waals surface area contributed by atoms with Crippen molar-refractivity contribution in [2.75, 3.05) is 7.11 Å². The Morgan fingerprint density at radius 2 is 1.89 bits per heavy atom. The largest absolute Gasteiger partial charge is 0.497 e. The third kappa shape index (κ3) is 3.98. The van der Waals surface area contributed by atoms with Crippen molar-refractivity contribution in [3.05, 3.63) is 29.8 Å². The average Bonchev–Trinajstić information content (AvgIpc) is 2.61. The Morgan fingerprint density at radius 3 is 2.61 bits per heavy atom. The highest BCUT2D eigenvalue weighted by molar-refractivity contribution is 5.26. The fourth-order valence-corrected chi connectivity index (χ4v) is 2.35. The van der Waals surface area contributed by atoms with E-state index in [4.69, 9.17) is 9.47 Å². The number of alkyl halides is 1. The maximum absolute atomic E-state index is 13.4.